The van der Waals surface area contributed by atoms with Crippen molar-refractivity contribution >= 4 is 11.9 Å². The Morgan fingerprint density at radius 2 is 1.76 bits per heavy atom. The van der Waals surface area contributed by atoms with Gasteiger partial charge in [-0.15, -0.1) is 0 Å². The first-order chi connectivity index (χ1) is 9.99. The molecule has 0 spiro atoms. The summed E-state index contributed by atoms with van der Waals surface area (Å²) in [5, 5.41) is 20.4. The Bertz CT molecular complexity index is 678. The molecule has 0 aliphatic rings. The Balaban J connectivity index is 2.20. The molecule has 0 saturated carbocycles. The minimum Gasteiger partial charge on any atom is -0.545 e. The molecule has 2 aromatic carbocycles. The highest BCUT2D eigenvalue weighted by Crippen LogP contribution is 2.22. The number of carbonyl (C=O) groups excluding carboxylic acids is 2. The summed E-state index contributed by atoms with van der Waals surface area (Å²) in [6.45, 7) is 1.63. The zero-order valence-electron chi connectivity index (χ0n) is 11.3. The number of rotatable bonds is 4. The number of carboxylic acids is 1. The van der Waals surface area contributed by atoms with E-state index in [-0.39, 0.29) is 16.9 Å². The lowest BCUT2D eigenvalue weighted by Gasteiger charge is -2.15. The van der Waals surface area contributed by atoms with Crippen LogP contribution in [0.3, 0.4) is 0 Å². The number of hydrogen-bond acceptors (Lipinski definition) is 5. The Kier molecular flexibility index (Phi) is 4.23. The van der Waals surface area contributed by atoms with Crippen LogP contribution in [0.15, 0.2) is 48.5 Å². The summed E-state index contributed by atoms with van der Waals surface area (Å²) in [4.78, 5) is 23.0. The van der Waals surface area contributed by atoms with Crippen molar-refractivity contribution < 1.29 is 24.5 Å². The highest BCUT2D eigenvalue weighted by molar-refractivity contribution is 6.01. The zero-order valence-corrected chi connectivity index (χ0v) is 11.3. The number of phenolic OH excluding ortho intramolecular Hbond substituents is 1. The molecule has 0 heterocycles. The average molecular weight is 285 g/mol. The molecule has 108 valence electrons. The van der Waals surface area contributed by atoms with Gasteiger partial charge in [0.2, 0.25) is 0 Å². The predicted molar refractivity (Wildman–Crippen MR) is 72.7 cm³/mol. The number of phenols is 1. The van der Waals surface area contributed by atoms with Crippen LogP contribution < -0.4 is 5.11 Å². The number of aromatic carboxylic acids is 1. The van der Waals surface area contributed by atoms with Crippen molar-refractivity contribution in [3.8, 4) is 5.75 Å². The summed E-state index contributed by atoms with van der Waals surface area (Å²) in [5.74, 6) is -2.14. The van der Waals surface area contributed by atoms with Crippen molar-refractivity contribution in [2.75, 3.05) is 0 Å². The summed E-state index contributed by atoms with van der Waals surface area (Å²) in [6.07, 6.45) is -0.626. The number of carbonyl (C=O) groups is 2. The summed E-state index contributed by atoms with van der Waals surface area (Å²) >= 11 is 0. The van der Waals surface area contributed by atoms with E-state index in [1.165, 1.54) is 30.3 Å². The van der Waals surface area contributed by atoms with Crippen LogP contribution >= 0.6 is 0 Å². The first-order valence-electron chi connectivity index (χ1n) is 6.29. The predicted octanol–water partition coefficient (Wildman–Crippen LogP) is 1.67. The van der Waals surface area contributed by atoms with E-state index in [1.807, 2.05) is 0 Å². The molecular formula is C16H13O5-. The third-order valence-electron chi connectivity index (χ3n) is 2.99. The average Bonchev–Trinajstić information content (AvgIpc) is 2.47. The van der Waals surface area contributed by atoms with Crippen LogP contribution in [-0.2, 0) is 4.74 Å². The molecule has 0 bridgehead atoms. The monoisotopic (exact) mass is 285 g/mol. The number of hydrogen-bond donors (Lipinski definition) is 1. The number of esters is 1. The minimum absolute atomic E-state index is 0.0607. The maximum absolute atomic E-state index is 12.1. The van der Waals surface area contributed by atoms with Crippen LogP contribution in [0.2, 0.25) is 0 Å². The first kappa shape index (κ1) is 14.6. The quantitative estimate of drug-likeness (QED) is 0.863. The molecule has 0 fully saturated rings. The molecule has 0 saturated heterocycles. The second kappa shape index (κ2) is 6.09. The molecule has 0 amide bonds. The van der Waals surface area contributed by atoms with Gasteiger partial charge in [-0.25, -0.2) is 4.79 Å². The zero-order chi connectivity index (χ0) is 15.4. The molecule has 2 rings (SSSR count). The third-order valence-corrected chi connectivity index (χ3v) is 2.99. The van der Waals surface area contributed by atoms with Crippen LogP contribution in [0.25, 0.3) is 0 Å². The van der Waals surface area contributed by atoms with E-state index in [0.29, 0.717) is 5.56 Å². The van der Waals surface area contributed by atoms with Crippen LogP contribution in [0.1, 0.15) is 39.3 Å². The Hall–Kier alpha value is -2.82. The largest absolute Gasteiger partial charge is 0.545 e. The van der Waals surface area contributed by atoms with E-state index in [9.17, 15) is 19.8 Å². The lowest BCUT2D eigenvalue weighted by molar-refractivity contribution is -0.255. The highest BCUT2D eigenvalue weighted by Gasteiger charge is 2.17. The van der Waals surface area contributed by atoms with Crippen molar-refractivity contribution in [2.45, 2.75) is 13.0 Å². The van der Waals surface area contributed by atoms with E-state index in [4.69, 9.17) is 4.74 Å². The van der Waals surface area contributed by atoms with Crippen molar-refractivity contribution in [3.63, 3.8) is 0 Å². The molecule has 1 N–H and O–H groups in total. The summed E-state index contributed by atoms with van der Waals surface area (Å²) < 4.78 is 5.23. The lowest BCUT2D eigenvalue weighted by Crippen LogP contribution is -2.25. The first-order valence-corrected chi connectivity index (χ1v) is 6.29. The van der Waals surface area contributed by atoms with Gasteiger partial charge in [0.15, 0.2) is 0 Å². The molecule has 0 aliphatic heterocycles. The van der Waals surface area contributed by atoms with Gasteiger partial charge in [0, 0.05) is 5.56 Å². The van der Waals surface area contributed by atoms with Crippen molar-refractivity contribution in [3.05, 3.63) is 65.2 Å². The number of benzene rings is 2. The Morgan fingerprint density at radius 3 is 2.38 bits per heavy atom. The number of aromatic hydroxyl groups is 1. The maximum Gasteiger partial charge on any atom is 0.339 e. The van der Waals surface area contributed by atoms with Gasteiger partial charge in [0.1, 0.15) is 11.9 Å². The molecule has 0 radical (unpaired) electrons. The second-order valence-electron chi connectivity index (χ2n) is 4.48. The fourth-order valence-corrected chi connectivity index (χ4v) is 1.91. The topological polar surface area (TPSA) is 86.7 Å². The standard InChI is InChI=1S/C16H14O5/c1-10(11-5-4-6-12(17)9-11)21-16(20)14-8-3-2-7-13(14)15(18)19/h2-10,17H,1H3,(H,18,19)/p-1/t10-/m1/s1. The number of carboxylic acid groups (broad SMARTS) is 1. The molecule has 2 aromatic rings. The van der Waals surface area contributed by atoms with Crippen molar-refractivity contribution in [2.24, 2.45) is 0 Å². The van der Waals surface area contributed by atoms with Gasteiger partial charge in [-0.3, -0.25) is 0 Å². The van der Waals surface area contributed by atoms with Gasteiger partial charge in [-0.1, -0.05) is 30.3 Å². The molecule has 5 nitrogen and oxygen atoms in total. The van der Waals surface area contributed by atoms with Gasteiger partial charge in [-0.2, -0.15) is 0 Å². The smallest absolute Gasteiger partial charge is 0.339 e. The highest BCUT2D eigenvalue weighted by atomic mass is 16.5. The van der Waals surface area contributed by atoms with E-state index in [2.05, 4.69) is 0 Å². The lowest BCUT2D eigenvalue weighted by atomic mass is 10.1. The maximum atomic E-state index is 12.1. The molecule has 0 aromatic heterocycles. The Morgan fingerprint density at radius 1 is 1.10 bits per heavy atom. The van der Waals surface area contributed by atoms with Crippen LogP contribution in [0.4, 0.5) is 0 Å². The molecule has 0 aliphatic carbocycles. The SMILES string of the molecule is C[C@@H](OC(=O)c1ccccc1C(=O)[O-])c1cccc(O)c1. The molecule has 5 heteroatoms. The molecule has 1 atom stereocenters. The number of ether oxygens (including phenoxy) is 1. The Labute approximate surface area is 121 Å². The van der Waals surface area contributed by atoms with E-state index < -0.39 is 18.0 Å². The van der Waals surface area contributed by atoms with Crippen molar-refractivity contribution in [1.82, 2.24) is 0 Å². The summed E-state index contributed by atoms with van der Waals surface area (Å²) in [7, 11) is 0. The van der Waals surface area contributed by atoms with Crippen LogP contribution in [-0.4, -0.2) is 17.0 Å². The third kappa shape index (κ3) is 3.39. The normalized spacial score (nSPS) is 11.7. The molecule has 0 unspecified atom stereocenters. The van der Waals surface area contributed by atoms with Crippen LogP contribution in [0, 0.1) is 0 Å². The fourth-order valence-electron chi connectivity index (χ4n) is 1.91. The van der Waals surface area contributed by atoms with Crippen LogP contribution in [0.5, 0.6) is 5.75 Å². The van der Waals surface area contributed by atoms with E-state index >= 15 is 0 Å². The van der Waals surface area contributed by atoms with E-state index in [1.54, 1.807) is 25.1 Å². The molecular weight excluding hydrogens is 272 g/mol. The fraction of sp³-hybridized carbons (Fsp3) is 0.125. The van der Waals surface area contributed by atoms with Crippen molar-refractivity contribution in [1.29, 1.82) is 0 Å². The van der Waals surface area contributed by atoms with Gasteiger partial charge in [0.05, 0.1) is 11.5 Å². The summed E-state index contributed by atoms with van der Waals surface area (Å²) in [6, 6.07) is 12.0. The van der Waals surface area contributed by atoms with Gasteiger partial charge < -0.3 is 19.7 Å². The second-order valence-corrected chi connectivity index (χ2v) is 4.48. The van der Waals surface area contributed by atoms with E-state index in [0.717, 1.165) is 0 Å². The van der Waals surface area contributed by atoms with Gasteiger partial charge in [0.25, 0.3) is 0 Å². The van der Waals surface area contributed by atoms with Gasteiger partial charge in [-0.05, 0) is 30.7 Å². The summed E-state index contributed by atoms with van der Waals surface area (Å²) in [5.41, 5.74) is 0.324. The molecule has 21 heavy (non-hydrogen) atoms. The van der Waals surface area contributed by atoms with Gasteiger partial charge >= 0.3 is 5.97 Å². The minimum atomic E-state index is -1.44.